The summed E-state index contributed by atoms with van der Waals surface area (Å²) in [5.74, 6) is -1.67. The minimum atomic E-state index is -4.18. The molecule has 1 heterocycles. The number of methoxy groups -OCH3 is 1. The molecule has 2 aromatic carbocycles. The summed E-state index contributed by atoms with van der Waals surface area (Å²) >= 11 is 0. The summed E-state index contributed by atoms with van der Waals surface area (Å²) in [4.78, 5) is 35.2. The van der Waals surface area contributed by atoms with Crippen molar-refractivity contribution in [2.75, 3.05) is 18.4 Å². The van der Waals surface area contributed by atoms with Crippen LogP contribution in [-0.2, 0) is 21.4 Å². The van der Waals surface area contributed by atoms with Gasteiger partial charge in [-0.2, -0.15) is 0 Å². The normalized spacial score (nSPS) is 13.9. The summed E-state index contributed by atoms with van der Waals surface area (Å²) in [6, 6.07) is 9.14. The molecule has 1 aliphatic rings. The molecule has 152 valence electrons. The quantitative estimate of drug-likeness (QED) is 0.573. The third-order valence-corrected chi connectivity index (χ3v) is 5.56. The minimum Gasteiger partial charge on any atom is -0.495 e. The summed E-state index contributed by atoms with van der Waals surface area (Å²) in [6.07, 6.45) is 0. The average Bonchev–Trinajstić information content (AvgIpc) is 2.99. The highest BCUT2D eigenvalue weighted by Gasteiger charge is 2.28. The van der Waals surface area contributed by atoms with E-state index in [4.69, 9.17) is 9.84 Å². The maximum Gasteiger partial charge on any atom is 0.335 e. The van der Waals surface area contributed by atoms with Gasteiger partial charge in [-0.1, -0.05) is 12.1 Å². The molecule has 3 N–H and O–H groups in total. The number of imide groups is 1. The number of carbonyl (C=O) groups excluding carboxylic acids is 2. The molecule has 1 fully saturated rings. The summed E-state index contributed by atoms with van der Waals surface area (Å²) in [7, 11) is -2.90. The van der Waals surface area contributed by atoms with Gasteiger partial charge in [0, 0.05) is 5.69 Å². The Balaban J connectivity index is 1.88. The molecule has 0 unspecified atom stereocenters. The van der Waals surface area contributed by atoms with Gasteiger partial charge in [0.2, 0.25) is 5.91 Å². The van der Waals surface area contributed by atoms with Crippen LogP contribution in [0.25, 0.3) is 0 Å². The molecule has 29 heavy (non-hydrogen) atoms. The number of ether oxygens (including phenoxy) is 1. The first-order valence-corrected chi connectivity index (χ1v) is 9.81. The lowest BCUT2D eigenvalue weighted by atomic mass is 10.2. The van der Waals surface area contributed by atoms with Crippen molar-refractivity contribution in [1.29, 1.82) is 0 Å². The molecule has 10 nitrogen and oxygen atoms in total. The molecule has 0 radical (unpaired) electrons. The van der Waals surface area contributed by atoms with Crippen LogP contribution in [0.3, 0.4) is 0 Å². The Hall–Kier alpha value is -3.60. The Labute approximate surface area is 166 Å². The highest BCUT2D eigenvalue weighted by molar-refractivity contribution is 7.92. The molecule has 0 spiro atoms. The highest BCUT2D eigenvalue weighted by atomic mass is 32.2. The van der Waals surface area contributed by atoms with Gasteiger partial charge in [0.25, 0.3) is 10.0 Å². The second-order valence-corrected chi connectivity index (χ2v) is 7.77. The molecule has 3 rings (SSSR count). The highest BCUT2D eigenvalue weighted by Crippen LogP contribution is 2.27. The second kappa shape index (κ2) is 7.80. The number of nitrogens with one attached hydrogen (secondary N) is 2. The first-order valence-electron chi connectivity index (χ1n) is 8.32. The van der Waals surface area contributed by atoms with Crippen LogP contribution < -0.4 is 14.8 Å². The Bertz CT molecular complexity index is 1080. The standard InChI is InChI=1S/C18H17N3O7S/c1-28-14-6-5-12(17(23)24)8-15(14)29(26,27)20-13-4-2-3-11(7-13)10-21-16(22)9-19-18(21)25/h2-8,20H,9-10H2,1H3,(H,19,25)(H,23,24). The number of hydrogen-bond donors (Lipinski definition) is 3. The first-order chi connectivity index (χ1) is 13.7. The van der Waals surface area contributed by atoms with Crippen molar-refractivity contribution in [3.63, 3.8) is 0 Å². The molecular formula is C18H17N3O7S. The van der Waals surface area contributed by atoms with Crippen molar-refractivity contribution in [1.82, 2.24) is 10.2 Å². The van der Waals surface area contributed by atoms with E-state index in [1.54, 1.807) is 12.1 Å². The molecule has 0 saturated carbocycles. The fourth-order valence-electron chi connectivity index (χ4n) is 2.76. The Morgan fingerprint density at radius 3 is 2.62 bits per heavy atom. The smallest absolute Gasteiger partial charge is 0.335 e. The Morgan fingerprint density at radius 2 is 2.00 bits per heavy atom. The number of benzene rings is 2. The second-order valence-electron chi connectivity index (χ2n) is 6.12. The van der Waals surface area contributed by atoms with Gasteiger partial charge in [0.05, 0.1) is 25.8 Å². The SMILES string of the molecule is COc1ccc(C(=O)O)cc1S(=O)(=O)Nc1cccc(CN2C(=O)CNC2=O)c1. The van der Waals surface area contributed by atoms with Crippen LogP contribution in [0.4, 0.5) is 10.5 Å². The van der Waals surface area contributed by atoms with Crippen LogP contribution in [0, 0.1) is 0 Å². The zero-order valence-electron chi connectivity index (χ0n) is 15.2. The van der Waals surface area contributed by atoms with Gasteiger partial charge in [-0.15, -0.1) is 0 Å². The number of nitrogens with zero attached hydrogens (tertiary/aromatic N) is 1. The summed E-state index contributed by atoms with van der Waals surface area (Å²) in [5, 5.41) is 11.5. The summed E-state index contributed by atoms with van der Waals surface area (Å²) < 4.78 is 33.0. The largest absolute Gasteiger partial charge is 0.495 e. The van der Waals surface area contributed by atoms with E-state index < -0.39 is 22.0 Å². The van der Waals surface area contributed by atoms with Crippen molar-refractivity contribution in [2.45, 2.75) is 11.4 Å². The molecule has 0 bridgehead atoms. The van der Waals surface area contributed by atoms with Crippen molar-refractivity contribution in [3.05, 3.63) is 53.6 Å². The van der Waals surface area contributed by atoms with Crippen LogP contribution in [0.1, 0.15) is 15.9 Å². The number of sulfonamides is 1. The molecule has 0 aromatic heterocycles. The fourth-order valence-corrected chi connectivity index (χ4v) is 4.01. The Kier molecular flexibility index (Phi) is 5.41. The maximum absolute atomic E-state index is 12.8. The van der Waals surface area contributed by atoms with E-state index in [1.807, 2.05) is 0 Å². The van der Waals surface area contributed by atoms with Crippen LogP contribution in [-0.4, -0.2) is 50.0 Å². The molecule has 1 aliphatic heterocycles. The first kappa shape index (κ1) is 20.1. The minimum absolute atomic E-state index is 0.0158. The number of carboxylic acids is 1. The van der Waals surface area contributed by atoms with Gasteiger partial charge in [-0.05, 0) is 35.9 Å². The molecule has 1 saturated heterocycles. The maximum atomic E-state index is 12.8. The number of anilines is 1. The van der Waals surface area contributed by atoms with Crippen LogP contribution in [0.5, 0.6) is 5.75 Å². The van der Waals surface area contributed by atoms with Gasteiger partial charge in [0.15, 0.2) is 0 Å². The summed E-state index contributed by atoms with van der Waals surface area (Å²) in [6.45, 7) is -0.0943. The number of amides is 3. The van der Waals surface area contributed by atoms with E-state index in [9.17, 15) is 22.8 Å². The van der Waals surface area contributed by atoms with Crippen molar-refractivity contribution < 1.29 is 32.6 Å². The molecule has 3 amide bonds. The predicted octanol–water partition coefficient (Wildman–Crippen LogP) is 1.25. The van der Waals surface area contributed by atoms with E-state index in [-0.39, 0.29) is 40.9 Å². The number of aromatic carboxylic acids is 1. The predicted molar refractivity (Wildman–Crippen MR) is 101 cm³/mol. The van der Waals surface area contributed by atoms with Gasteiger partial charge in [0.1, 0.15) is 10.6 Å². The van der Waals surface area contributed by atoms with Gasteiger partial charge in [-0.25, -0.2) is 18.0 Å². The van der Waals surface area contributed by atoms with Gasteiger partial charge < -0.3 is 15.2 Å². The monoisotopic (exact) mass is 419 g/mol. The lowest BCUT2D eigenvalue weighted by Gasteiger charge is -2.15. The lowest BCUT2D eigenvalue weighted by molar-refractivity contribution is -0.125. The number of carbonyl (C=O) groups is 3. The molecule has 2 aromatic rings. The third-order valence-electron chi connectivity index (χ3n) is 4.16. The number of rotatable bonds is 7. The van der Waals surface area contributed by atoms with E-state index in [1.165, 1.54) is 31.4 Å². The Morgan fingerprint density at radius 1 is 1.24 bits per heavy atom. The van der Waals surface area contributed by atoms with Crippen LogP contribution in [0.15, 0.2) is 47.4 Å². The fraction of sp³-hybridized carbons (Fsp3) is 0.167. The van der Waals surface area contributed by atoms with Gasteiger partial charge >= 0.3 is 12.0 Å². The van der Waals surface area contributed by atoms with Crippen molar-refractivity contribution in [2.24, 2.45) is 0 Å². The summed E-state index contributed by atoms with van der Waals surface area (Å²) in [5.41, 5.74) is 0.498. The number of urea groups is 1. The third kappa shape index (κ3) is 4.29. The van der Waals surface area contributed by atoms with Crippen LogP contribution >= 0.6 is 0 Å². The lowest BCUT2D eigenvalue weighted by Crippen LogP contribution is -2.30. The van der Waals surface area contributed by atoms with Crippen molar-refractivity contribution in [3.8, 4) is 5.75 Å². The van der Waals surface area contributed by atoms with E-state index >= 15 is 0 Å². The molecular weight excluding hydrogens is 402 g/mol. The van der Waals surface area contributed by atoms with E-state index in [0.717, 1.165) is 11.0 Å². The van der Waals surface area contributed by atoms with E-state index in [2.05, 4.69) is 10.0 Å². The van der Waals surface area contributed by atoms with Gasteiger partial charge in [-0.3, -0.25) is 14.4 Å². The zero-order chi connectivity index (χ0) is 21.2. The van der Waals surface area contributed by atoms with Crippen molar-refractivity contribution >= 4 is 33.6 Å². The molecule has 0 aliphatic carbocycles. The molecule has 11 heteroatoms. The average molecular weight is 419 g/mol. The number of carboxylic acid groups (broad SMARTS) is 1. The molecule has 0 atom stereocenters. The van der Waals surface area contributed by atoms with E-state index in [0.29, 0.717) is 5.56 Å². The zero-order valence-corrected chi connectivity index (χ0v) is 16.0. The topological polar surface area (TPSA) is 142 Å². The number of hydrogen-bond acceptors (Lipinski definition) is 6. The van der Waals surface area contributed by atoms with Crippen LogP contribution in [0.2, 0.25) is 0 Å².